The van der Waals surface area contributed by atoms with Crippen LogP contribution in [-0.4, -0.2) is 69.1 Å². The van der Waals surface area contributed by atoms with Crippen LogP contribution in [0.2, 0.25) is 58.9 Å². The molecule has 144 heavy (non-hydrogen) atoms. The zero-order valence-electron chi connectivity index (χ0n) is 88.1. The van der Waals surface area contributed by atoms with E-state index in [2.05, 4.69) is 326 Å². The van der Waals surface area contributed by atoms with Crippen LogP contribution in [0.5, 0.6) is 0 Å². The van der Waals surface area contributed by atoms with E-state index in [1.54, 1.807) is 0 Å². The topological polar surface area (TPSA) is 155 Å². The number of hydrogen-bond donors (Lipinski definition) is 0. The van der Waals surface area contributed by atoms with Gasteiger partial charge in [-0.3, -0.25) is 0 Å². The van der Waals surface area contributed by atoms with Crippen LogP contribution in [0.4, 0.5) is 0 Å². The van der Waals surface area contributed by atoms with Gasteiger partial charge in [0.05, 0.1) is 41.0 Å². The Hall–Kier alpha value is -10.3. The number of para-hydroxylation sites is 2. The van der Waals surface area contributed by atoms with E-state index in [0.29, 0.717) is 34.6 Å². The van der Waals surface area contributed by atoms with Gasteiger partial charge < -0.3 is 53.1 Å². The third-order valence-electron chi connectivity index (χ3n) is 29.2. The fourth-order valence-corrected chi connectivity index (χ4v) is 25.6. The predicted molar refractivity (Wildman–Crippen MR) is 596 cm³/mol. The molecule has 0 aliphatic heterocycles. The van der Waals surface area contributed by atoms with Crippen molar-refractivity contribution in [3.05, 3.63) is 325 Å². The average molecular weight is 2490 g/mol. The first-order chi connectivity index (χ1) is 67.6. The van der Waals surface area contributed by atoms with Gasteiger partial charge in [-0.25, -0.2) is 4.98 Å². The van der Waals surface area contributed by atoms with E-state index < -0.39 is 24.2 Å². The van der Waals surface area contributed by atoms with Crippen molar-refractivity contribution in [1.29, 1.82) is 0 Å². The fraction of sp³-hybridized carbons (Fsp3) is 0.357. The van der Waals surface area contributed by atoms with E-state index in [0.717, 1.165) is 178 Å². The molecule has 18 aromatic rings. The molecule has 4 fully saturated rings. The van der Waals surface area contributed by atoms with Gasteiger partial charge in [-0.15, -0.1) is 137 Å². The summed E-state index contributed by atoms with van der Waals surface area (Å²) in [5.74, 6) is 5.51. The molecule has 0 saturated heterocycles. The zero-order valence-corrected chi connectivity index (χ0v) is 98.3. The standard InChI is InChI=1S/C25H23N2O.C25H25N2O.C22H21N2O.3C18H24NSi.3Ir/c1-2-4-23-21(3-1)25-24(28-23)14-20(15-27-25)22-13-17(9-10-26-22)12-19-11-16-5-7-18(19)8-6-16;1-16-8-10-21-20-11-9-17(14-23(20)28-24(21)27-16)22-15-19(12-13-26-22)25(2,3)18-6-4-5-7-18;1-4-22(3,5-2)16-10-11-23-18(13-16)15-12-20-21(24-14-15)17-8-6-7-9-19(17)25-20;3*1-14(2)11-16-12-17(15-9-7-6-8-10-15)19-13-18(16)20(3,4)5;;;/h1-4,9-10,13,15-16,18-19H,5-8,11-12H2;8-13,15,18H,4-7H2,1-3H3;6-11,13-14H,4-5H2,1-3H3;3*6-9,12-14H,11H2,1-5H3;;;/q6*-1;;;. The first kappa shape index (κ1) is 111. The van der Waals surface area contributed by atoms with E-state index >= 15 is 0 Å². The Balaban J connectivity index is 0.000000145. The predicted octanol–water partition coefficient (Wildman–Crippen LogP) is 31.6. The Morgan fingerprint density at radius 3 is 1.22 bits per heavy atom. The third-order valence-corrected chi connectivity index (χ3v) is 35.4. The molecule has 3 radical (unpaired) electrons. The van der Waals surface area contributed by atoms with Gasteiger partial charge in [0.2, 0.25) is 5.71 Å². The smallest absolute Gasteiger partial charge is 0.215 e. The van der Waals surface area contributed by atoms with Gasteiger partial charge in [-0.05, 0) is 227 Å². The molecule has 12 heterocycles. The van der Waals surface area contributed by atoms with Crippen molar-refractivity contribution in [2.45, 2.75) is 249 Å². The summed E-state index contributed by atoms with van der Waals surface area (Å²) in [6.45, 7) is 48.7. The minimum Gasteiger partial charge on any atom is -0.475 e. The van der Waals surface area contributed by atoms with Gasteiger partial charge in [0, 0.05) is 130 Å². The molecule has 4 saturated carbocycles. The van der Waals surface area contributed by atoms with Crippen LogP contribution < -0.4 is 15.6 Å². The molecule has 22 rings (SSSR count). The third kappa shape index (κ3) is 27.2. The number of fused-ring (bicyclic) bond motifs is 12. The second-order valence-corrected chi connectivity index (χ2v) is 59.7. The monoisotopic (exact) mass is 2490 g/mol. The van der Waals surface area contributed by atoms with E-state index in [1.165, 1.54) is 113 Å². The second-order valence-electron chi connectivity index (χ2n) is 44.6. The van der Waals surface area contributed by atoms with Crippen molar-refractivity contribution in [3.63, 3.8) is 0 Å². The minimum absolute atomic E-state index is 0. The summed E-state index contributed by atoms with van der Waals surface area (Å²) in [6, 6.07) is 88.3. The fourth-order valence-electron chi connectivity index (χ4n) is 20.9. The van der Waals surface area contributed by atoms with Gasteiger partial charge >= 0.3 is 0 Å². The molecule has 12 aromatic heterocycles. The Bertz CT molecular complexity index is 7030. The van der Waals surface area contributed by atoms with Crippen LogP contribution in [-0.2, 0) is 96.8 Å². The quantitative estimate of drug-likeness (QED) is 0.0468. The molecule has 6 aromatic carbocycles. The maximum absolute atomic E-state index is 5.98. The summed E-state index contributed by atoms with van der Waals surface area (Å²) < 4.78 is 17.8. The normalized spacial score (nSPS) is 14.8. The Labute approximate surface area is 900 Å². The van der Waals surface area contributed by atoms with Crippen LogP contribution in [0.3, 0.4) is 0 Å². The number of rotatable bonds is 22. The molecule has 2 bridgehead atoms. The molecule has 0 N–H and O–H groups in total. The Morgan fingerprint density at radius 2 is 0.792 bits per heavy atom. The van der Waals surface area contributed by atoms with Gasteiger partial charge in [-0.2, -0.15) is 0 Å². The van der Waals surface area contributed by atoms with Crippen LogP contribution in [0.25, 0.3) is 134 Å². The molecular weight excluding hydrogens is 2350 g/mol. The maximum Gasteiger partial charge on any atom is 0.215 e. The number of hydrogen-bond acceptors (Lipinski definition) is 12. The number of benzene rings is 6. The van der Waals surface area contributed by atoms with Crippen LogP contribution >= 0.6 is 0 Å². The molecule has 1 atom stereocenters. The minimum atomic E-state index is -1.34. The van der Waals surface area contributed by atoms with Crippen molar-refractivity contribution in [2.24, 2.45) is 41.4 Å². The SMILES string of the molecule is CC(C)Cc1cc(-c2[c-]cccc2)ncc1[Si](C)(C)C.CC(C)Cc1cc(-c2[c-]cccc2)ncc1[Si](C)(C)C.CC(C)Cc1cc(-c2[c-]cccc2)ncc1[Si](C)(C)C.CCC(C)(CC)c1ccnc(-c2[c-]c3oc4ccccc4c3nc2)c1.Cc1ccc2c(n1)oc1[c-]c(-c3cc(C(C)(C)C4CCCC4)ccn3)ccc12.[Ir].[Ir].[Ir].[c-]1c(-c2cc(CC3CC4CCC3CC4)ccn2)cnc2c1oc1ccccc12. The van der Waals surface area contributed by atoms with E-state index in [1.807, 2.05) is 147 Å². The van der Waals surface area contributed by atoms with Crippen molar-refractivity contribution < 1.29 is 73.6 Å². The number of aryl methyl sites for hydroxylation is 1. The maximum atomic E-state index is 5.98. The summed E-state index contributed by atoms with van der Waals surface area (Å²) >= 11 is 0. The van der Waals surface area contributed by atoms with Gasteiger partial charge in [0.25, 0.3) is 0 Å². The van der Waals surface area contributed by atoms with E-state index in [9.17, 15) is 0 Å². The van der Waals surface area contributed by atoms with Gasteiger partial charge in [0.1, 0.15) is 11.2 Å². The van der Waals surface area contributed by atoms with Crippen molar-refractivity contribution in [2.75, 3.05) is 0 Å². The molecule has 0 spiro atoms. The summed E-state index contributed by atoms with van der Waals surface area (Å²) in [4.78, 5) is 41.6. The molecule has 4 aliphatic rings. The number of furan rings is 3. The summed E-state index contributed by atoms with van der Waals surface area (Å²) in [6.07, 6.45) is 35.1. The van der Waals surface area contributed by atoms with Gasteiger partial charge in [-0.1, -0.05) is 298 Å². The molecule has 12 nitrogen and oxygen atoms in total. The van der Waals surface area contributed by atoms with Crippen LogP contribution in [0, 0.1) is 84.7 Å². The number of nitrogens with zero attached hydrogens (tertiary/aromatic N) is 9. The van der Waals surface area contributed by atoms with Crippen molar-refractivity contribution >= 4 is 106 Å². The summed E-state index contributed by atoms with van der Waals surface area (Å²) in [7, 11) is -4.02. The first-order valence-corrected chi connectivity index (χ1v) is 62.0. The second kappa shape index (κ2) is 49.0. The Morgan fingerprint density at radius 1 is 0.382 bits per heavy atom. The van der Waals surface area contributed by atoms with Crippen LogP contribution in [0.1, 0.15) is 186 Å². The molecule has 4 aliphatic carbocycles. The molecule has 1 unspecified atom stereocenters. The van der Waals surface area contributed by atoms with Crippen LogP contribution in [0.15, 0.2) is 263 Å². The first-order valence-electron chi connectivity index (χ1n) is 51.5. The number of pyridine rings is 9. The van der Waals surface area contributed by atoms with Crippen molar-refractivity contribution in [3.8, 4) is 67.5 Å². The molecular formula is C126H141Ir3N9O3Si3-6. The van der Waals surface area contributed by atoms with E-state index in [-0.39, 0.29) is 71.1 Å². The average Bonchev–Trinajstić information content (AvgIpc) is 1.62. The summed E-state index contributed by atoms with van der Waals surface area (Å²) in [5, 5.41) is 8.62. The van der Waals surface area contributed by atoms with Crippen molar-refractivity contribution in [1.82, 2.24) is 44.9 Å². The molecule has 18 heteroatoms. The molecule has 0 amide bonds. The Kier molecular flexibility index (Phi) is 37.7. The van der Waals surface area contributed by atoms with E-state index in [4.69, 9.17) is 13.3 Å². The number of aromatic nitrogens is 9. The largest absolute Gasteiger partial charge is 0.475 e. The molecule has 753 valence electrons. The summed E-state index contributed by atoms with van der Waals surface area (Å²) in [5.41, 5.74) is 27.9. The van der Waals surface area contributed by atoms with Gasteiger partial charge in [0.15, 0.2) is 0 Å². The zero-order chi connectivity index (χ0) is 99.5.